The number of allylic oxidation sites excluding steroid dienone is 1. The van der Waals surface area contributed by atoms with Crippen molar-refractivity contribution in [2.24, 2.45) is 0 Å². The van der Waals surface area contributed by atoms with Crippen LogP contribution >= 0.6 is 0 Å². The average molecular weight is 620 g/mol. The second-order valence-electron chi connectivity index (χ2n) is 10.4. The Morgan fingerprint density at radius 1 is 0.826 bits per heavy atom. The Balaban J connectivity index is 1.30. The van der Waals surface area contributed by atoms with Gasteiger partial charge >= 0.3 is 18.0 Å². The summed E-state index contributed by atoms with van der Waals surface area (Å²) < 4.78 is 9.46. The van der Waals surface area contributed by atoms with Crippen LogP contribution in [-0.2, 0) is 14.3 Å². The van der Waals surface area contributed by atoms with Gasteiger partial charge in [-0.3, -0.25) is 9.59 Å². The lowest BCUT2D eigenvalue weighted by atomic mass is 9.93. The van der Waals surface area contributed by atoms with Gasteiger partial charge < -0.3 is 30.0 Å². The highest BCUT2D eigenvalue weighted by Gasteiger charge is 2.29. The molecule has 5 rings (SSSR count). The molecule has 3 aromatic carbocycles. The molecule has 4 aromatic rings. The monoisotopic (exact) mass is 619 g/mol. The largest absolute Gasteiger partial charge is 0.465 e. The lowest BCUT2D eigenvalue weighted by Gasteiger charge is -2.28. The molecule has 0 spiro atoms. The van der Waals surface area contributed by atoms with Gasteiger partial charge in [-0.2, -0.15) is 5.26 Å². The van der Waals surface area contributed by atoms with Crippen molar-refractivity contribution in [3.05, 3.63) is 101 Å². The van der Waals surface area contributed by atoms with E-state index in [1.165, 1.54) is 43.5 Å². The van der Waals surface area contributed by atoms with Gasteiger partial charge in [0.25, 0.3) is 11.7 Å². The number of ether oxygens (including phenoxy) is 2. The lowest BCUT2D eigenvalue weighted by molar-refractivity contribution is -0.126. The van der Waals surface area contributed by atoms with Crippen LogP contribution in [0.2, 0.25) is 0 Å². The first-order valence-electron chi connectivity index (χ1n) is 14.2. The number of rotatable bonds is 7. The molecule has 0 unspecified atom stereocenters. The molecule has 0 bridgehead atoms. The van der Waals surface area contributed by atoms with Gasteiger partial charge in [0.1, 0.15) is 0 Å². The number of carbonyl (C=O) groups is 5. The van der Waals surface area contributed by atoms with E-state index in [4.69, 9.17) is 9.47 Å². The number of nitrogens with zero attached hydrogens (tertiary/aromatic N) is 2. The molecule has 1 aliphatic rings. The van der Waals surface area contributed by atoms with Gasteiger partial charge in [0.2, 0.25) is 0 Å². The van der Waals surface area contributed by atoms with Crippen LogP contribution in [0.15, 0.2) is 78.5 Å². The van der Waals surface area contributed by atoms with E-state index in [1.54, 1.807) is 18.2 Å². The zero-order chi connectivity index (χ0) is 32.8. The average Bonchev–Trinajstić information content (AvgIpc) is 3.53. The van der Waals surface area contributed by atoms with E-state index in [0.29, 0.717) is 48.1 Å². The molecule has 1 aromatic heterocycles. The van der Waals surface area contributed by atoms with Crippen molar-refractivity contribution in [3.8, 4) is 6.07 Å². The minimum Gasteiger partial charge on any atom is -0.465 e. The zero-order valence-corrected chi connectivity index (χ0v) is 25.0. The third kappa shape index (κ3) is 6.48. The molecule has 3 amide bonds. The molecule has 0 atom stereocenters. The summed E-state index contributed by atoms with van der Waals surface area (Å²) in [7, 11) is 2.38. The first-order chi connectivity index (χ1) is 22.2. The summed E-state index contributed by atoms with van der Waals surface area (Å²) >= 11 is 0. The molecule has 232 valence electrons. The Kier molecular flexibility index (Phi) is 9.23. The Morgan fingerprint density at radius 3 is 2.09 bits per heavy atom. The van der Waals surface area contributed by atoms with Gasteiger partial charge in [0, 0.05) is 30.4 Å². The quantitative estimate of drug-likeness (QED) is 0.110. The third-order valence-electron chi connectivity index (χ3n) is 7.62. The third-order valence-corrected chi connectivity index (χ3v) is 7.62. The molecule has 3 N–H and O–H groups in total. The minimum absolute atomic E-state index is 0.0302. The molecule has 1 aliphatic heterocycles. The van der Waals surface area contributed by atoms with E-state index in [-0.39, 0.29) is 22.4 Å². The van der Waals surface area contributed by atoms with Crippen molar-refractivity contribution in [1.82, 2.24) is 9.88 Å². The van der Waals surface area contributed by atoms with Gasteiger partial charge in [-0.05, 0) is 48.2 Å². The van der Waals surface area contributed by atoms with Crippen LogP contribution in [0.5, 0.6) is 0 Å². The highest BCUT2D eigenvalue weighted by molar-refractivity contribution is 6.45. The van der Waals surface area contributed by atoms with Crippen molar-refractivity contribution < 1.29 is 33.4 Å². The number of benzene rings is 3. The summed E-state index contributed by atoms with van der Waals surface area (Å²) in [6.45, 7) is 0.615. The lowest BCUT2D eigenvalue weighted by Crippen LogP contribution is -2.40. The Morgan fingerprint density at radius 2 is 1.48 bits per heavy atom. The van der Waals surface area contributed by atoms with Crippen molar-refractivity contribution in [2.75, 3.05) is 37.9 Å². The van der Waals surface area contributed by atoms with Crippen LogP contribution in [0.25, 0.3) is 16.5 Å². The zero-order valence-electron chi connectivity index (χ0n) is 25.0. The molecule has 0 aliphatic carbocycles. The van der Waals surface area contributed by atoms with Crippen LogP contribution in [0, 0.1) is 11.3 Å². The fourth-order valence-electron chi connectivity index (χ4n) is 5.34. The number of likely N-dealkylation sites (tertiary alicyclic amines) is 1. The number of piperidine rings is 1. The molecule has 0 saturated carbocycles. The first kappa shape index (κ1) is 31.2. The number of hydrogen-bond donors (Lipinski definition) is 3. The molecule has 12 nitrogen and oxygen atoms in total. The minimum atomic E-state index is -0.710. The number of nitriles is 1. The van der Waals surface area contributed by atoms with Crippen LogP contribution < -0.4 is 10.6 Å². The topological polar surface area (TPSA) is 171 Å². The normalized spacial score (nSPS) is 12.5. The number of hydrogen-bond acceptors (Lipinski definition) is 8. The summed E-state index contributed by atoms with van der Waals surface area (Å²) in [5, 5.41) is 15.4. The molecule has 1 saturated heterocycles. The van der Waals surface area contributed by atoms with Gasteiger partial charge in [-0.1, -0.05) is 42.5 Å². The number of esters is 2. The maximum atomic E-state index is 13.4. The number of methoxy groups -OCH3 is 2. The van der Waals surface area contributed by atoms with E-state index in [1.807, 2.05) is 30.3 Å². The van der Waals surface area contributed by atoms with Gasteiger partial charge in [0.15, 0.2) is 0 Å². The summed E-state index contributed by atoms with van der Waals surface area (Å²) in [5.41, 5.74) is 3.45. The predicted molar refractivity (Wildman–Crippen MR) is 169 cm³/mol. The Labute approximate surface area is 263 Å². The maximum Gasteiger partial charge on any atom is 0.337 e. The smallest absolute Gasteiger partial charge is 0.337 e. The van der Waals surface area contributed by atoms with Crippen LogP contribution in [0.3, 0.4) is 0 Å². The molecule has 46 heavy (non-hydrogen) atoms. The van der Waals surface area contributed by atoms with Crippen molar-refractivity contribution in [1.29, 1.82) is 5.26 Å². The number of aromatic nitrogens is 1. The summed E-state index contributed by atoms with van der Waals surface area (Å²) in [6.07, 6.45) is 2.39. The Hall–Kier alpha value is -6.22. The highest BCUT2D eigenvalue weighted by Crippen LogP contribution is 2.29. The molecule has 0 radical (unpaired) electrons. The summed E-state index contributed by atoms with van der Waals surface area (Å²) in [6, 6.07) is 19.8. The Bertz CT molecular complexity index is 1890. The number of ketones is 1. The van der Waals surface area contributed by atoms with E-state index < -0.39 is 29.7 Å². The summed E-state index contributed by atoms with van der Waals surface area (Å²) in [4.78, 5) is 68.2. The fourth-order valence-corrected chi connectivity index (χ4v) is 5.34. The molecule has 1 fully saturated rings. The SMILES string of the molecule is COC(=O)c1cc(NC(=O)Nc2cccc3c(C(=O)C(=O)N4CCC(=C(C#N)c5ccccc5)CC4)c[nH]c23)cc(C(=O)OC)c1. The standard InChI is InChI=1S/C34H29N5O7/c1-45-32(42)22-15-23(33(43)46-2)17-24(16-22)37-34(44)38-28-10-6-9-25-27(19-36-29(25)28)30(40)31(41)39-13-11-21(12-14-39)26(18-35)20-7-4-3-5-8-20/h3-10,15-17,19,36H,11-14H2,1-2H3,(H2,37,38,44). The van der Waals surface area contributed by atoms with Crippen molar-refractivity contribution in [3.63, 3.8) is 0 Å². The van der Waals surface area contributed by atoms with Crippen LogP contribution in [0.1, 0.15) is 49.5 Å². The van der Waals surface area contributed by atoms with Crippen LogP contribution in [-0.4, -0.2) is 66.9 Å². The summed E-state index contributed by atoms with van der Waals surface area (Å²) in [5.74, 6) is -2.77. The fraction of sp³-hybridized carbons (Fsp3) is 0.176. The second-order valence-corrected chi connectivity index (χ2v) is 10.4. The molecular formula is C34H29N5O7. The van der Waals surface area contributed by atoms with Gasteiger partial charge in [0.05, 0.1) is 53.8 Å². The van der Waals surface area contributed by atoms with Gasteiger partial charge in [-0.25, -0.2) is 14.4 Å². The highest BCUT2D eigenvalue weighted by atomic mass is 16.5. The second kappa shape index (κ2) is 13.6. The number of nitrogens with one attached hydrogen (secondary N) is 3. The van der Waals surface area contributed by atoms with Crippen LogP contribution in [0.4, 0.5) is 16.2 Å². The molecular weight excluding hydrogens is 590 g/mol. The number of H-pyrrole nitrogens is 1. The first-order valence-corrected chi connectivity index (χ1v) is 14.2. The molecule has 12 heteroatoms. The molecule has 2 heterocycles. The van der Waals surface area contributed by atoms with Gasteiger partial charge in [-0.15, -0.1) is 0 Å². The predicted octanol–water partition coefficient (Wildman–Crippen LogP) is 5.17. The number of Topliss-reactive ketones (excluding diaryl/α,β-unsaturated/α-hetero) is 1. The number of aromatic amines is 1. The van der Waals surface area contributed by atoms with Crippen molar-refractivity contribution in [2.45, 2.75) is 12.8 Å². The van der Waals surface area contributed by atoms with E-state index >= 15 is 0 Å². The number of fused-ring (bicyclic) bond motifs is 1. The maximum absolute atomic E-state index is 13.4. The van der Waals surface area contributed by atoms with E-state index in [9.17, 15) is 29.2 Å². The number of anilines is 2. The number of urea groups is 1. The van der Waals surface area contributed by atoms with Crippen molar-refractivity contribution >= 4 is 57.5 Å². The number of carbonyl (C=O) groups excluding carboxylic acids is 5. The van der Waals surface area contributed by atoms with E-state index in [0.717, 1.165) is 11.1 Å². The number of amides is 3. The number of para-hydroxylation sites is 1. The van der Waals surface area contributed by atoms with E-state index in [2.05, 4.69) is 21.7 Å².